The Morgan fingerprint density at radius 3 is 2.69 bits per heavy atom. The Bertz CT molecular complexity index is 1050. The van der Waals surface area contributed by atoms with Gasteiger partial charge in [0.05, 0.1) is 16.8 Å². The molecule has 1 aromatic carbocycles. The molecule has 3 aromatic rings. The Balaban J connectivity index is 1.70. The summed E-state index contributed by atoms with van der Waals surface area (Å²) < 4.78 is 44.6. The molecule has 0 spiro atoms. The number of halogens is 3. The zero-order valence-electron chi connectivity index (χ0n) is 15.5. The molecule has 1 aliphatic heterocycles. The number of carbonyl (C=O) groups is 1. The minimum Gasteiger partial charge on any atom is -0.490 e. The lowest BCUT2D eigenvalue weighted by Crippen LogP contribution is -2.25. The lowest BCUT2D eigenvalue weighted by atomic mass is 10.0. The van der Waals surface area contributed by atoms with E-state index < -0.39 is 11.7 Å². The van der Waals surface area contributed by atoms with E-state index in [-0.39, 0.29) is 17.9 Å². The summed E-state index contributed by atoms with van der Waals surface area (Å²) >= 11 is 0. The van der Waals surface area contributed by atoms with Gasteiger partial charge in [0.15, 0.2) is 0 Å². The summed E-state index contributed by atoms with van der Waals surface area (Å²) in [6.45, 7) is 2.45. The first-order chi connectivity index (χ1) is 13.8. The third-order valence-electron chi connectivity index (χ3n) is 5.06. The summed E-state index contributed by atoms with van der Waals surface area (Å²) in [5, 5.41) is 3.58. The number of hydrogen-bond donors (Lipinski definition) is 1. The van der Waals surface area contributed by atoms with E-state index in [0.717, 1.165) is 17.6 Å². The molecule has 1 saturated heterocycles. The molecule has 1 amide bonds. The molecule has 1 N–H and O–H groups in total. The van der Waals surface area contributed by atoms with E-state index in [4.69, 9.17) is 4.74 Å². The van der Waals surface area contributed by atoms with Crippen molar-refractivity contribution in [2.45, 2.75) is 25.6 Å². The SMILES string of the molecule is C[C@@H](Oc1cc(-c2ccc(C(F)(F)F)cn2)cc2ncccc12)[C@H]1CNC(=O)C1. The maximum Gasteiger partial charge on any atom is 0.417 e. The van der Waals surface area contributed by atoms with E-state index in [2.05, 4.69) is 15.3 Å². The van der Waals surface area contributed by atoms with Gasteiger partial charge in [0.1, 0.15) is 11.9 Å². The van der Waals surface area contributed by atoms with Gasteiger partial charge in [-0.1, -0.05) is 0 Å². The minimum atomic E-state index is -4.44. The summed E-state index contributed by atoms with van der Waals surface area (Å²) in [6.07, 6.45) is -1.81. The highest BCUT2D eigenvalue weighted by atomic mass is 19.4. The van der Waals surface area contributed by atoms with Gasteiger partial charge in [0.25, 0.3) is 0 Å². The molecule has 4 rings (SSSR count). The molecule has 3 heterocycles. The zero-order valence-corrected chi connectivity index (χ0v) is 15.5. The number of alkyl halides is 3. The molecular weight excluding hydrogens is 383 g/mol. The zero-order chi connectivity index (χ0) is 20.6. The lowest BCUT2D eigenvalue weighted by molar-refractivity contribution is -0.137. The topological polar surface area (TPSA) is 64.1 Å². The second-order valence-corrected chi connectivity index (χ2v) is 7.07. The smallest absolute Gasteiger partial charge is 0.417 e. The third-order valence-corrected chi connectivity index (χ3v) is 5.06. The third kappa shape index (κ3) is 4.01. The number of pyridine rings is 2. The largest absolute Gasteiger partial charge is 0.490 e. The molecule has 0 unspecified atom stereocenters. The van der Waals surface area contributed by atoms with Crippen LogP contribution in [0.3, 0.4) is 0 Å². The van der Waals surface area contributed by atoms with Crippen LogP contribution in [0, 0.1) is 5.92 Å². The number of aromatic nitrogens is 2. The van der Waals surface area contributed by atoms with Crippen molar-refractivity contribution < 1.29 is 22.7 Å². The number of rotatable bonds is 4. The van der Waals surface area contributed by atoms with Crippen LogP contribution in [0.4, 0.5) is 13.2 Å². The van der Waals surface area contributed by atoms with Gasteiger partial charge in [0, 0.05) is 42.2 Å². The van der Waals surface area contributed by atoms with E-state index in [1.54, 1.807) is 24.4 Å². The summed E-state index contributed by atoms with van der Waals surface area (Å²) in [6, 6.07) is 9.51. The summed E-state index contributed by atoms with van der Waals surface area (Å²) in [5.74, 6) is 0.598. The Kier molecular flexibility index (Phi) is 4.86. The van der Waals surface area contributed by atoms with Gasteiger partial charge < -0.3 is 10.1 Å². The number of hydrogen-bond acceptors (Lipinski definition) is 4. The Morgan fingerprint density at radius 2 is 2.03 bits per heavy atom. The molecule has 150 valence electrons. The molecule has 0 bridgehead atoms. The second-order valence-electron chi connectivity index (χ2n) is 7.07. The summed E-state index contributed by atoms with van der Waals surface area (Å²) in [4.78, 5) is 19.8. The van der Waals surface area contributed by atoms with E-state index >= 15 is 0 Å². The Hall–Kier alpha value is -3.16. The van der Waals surface area contributed by atoms with Crippen molar-refractivity contribution >= 4 is 16.8 Å². The van der Waals surface area contributed by atoms with Crippen LogP contribution in [0.25, 0.3) is 22.2 Å². The van der Waals surface area contributed by atoms with Crippen molar-refractivity contribution in [1.29, 1.82) is 0 Å². The highest BCUT2D eigenvalue weighted by Gasteiger charge is 2.31. The maximum atomic E-state index is 12.8. The van der Waals surface area contributed by atoms with Gasteiger partial charge in [-0.2, -0.15) is 13.2 Å². The summed E-state index contributed by atoms with van der Waals surface area (Å²) in [5.41, 5.74) is 0.840. The van der Waals surface area contributed by atoms with E-state index in [9.17, 15) is 18.0 Å². The predicted molar refractivity (Wildman–Crippen MR) is 101 cm³/mol. The predicted octanol–water partition coefficient (Wildman–Crippen LogP) is 4.22. The minimum absolute atomic E-state index is 0.000296. The molecule has 2 aromatic heterocycles. The monoisotopic (exact) mass is 401 g/mol. The first-order valence-corrected chi connectivity index (χ1v) is 9.17. The Morgan fingerprint density at radius 1 is 1.21 bits per heavy atom. The molecule has 0 aliphatic carbocycles. The molecular formula is C21H18F3N3O2. The fourth-order valence-electron chi connectivity index (χ4n) is 3.38. The quantitative estimate of drug-likeness (QED) is 0.711. The standard InChI is InChI=1S/C21H18F3N3O2/c1-12(14-9-20(28)27-10-14)29-19-8-13(7-18-16(19)3-2-6-25-18)17-5-4-15(11-26-17)21(22,23)24/h2-8,11-12,14H,9-10H2,1H3,(H,27,28)/t12-,14-/m1/s1. The fourth-order valence-corrected chi connectivity index (χ4v) is 3.38. The van der Waals surface area contributed by atoms with Crippen LogP contribution in [-0.4, -0.2) is 28.5 Å². The average Bonchev–Trinajstić information content (AvgIpc) is 3.14. The van der Waals surface area contributed by atoms with Crippen molar-refractivity contribution in [3.05, 3.63) is 54.4 Å². The van der Waals surface area contributed by atoms with Crippen molar-refractivity contribution in [3.8, 4) is 17.0 Å². The Labute approximate surface area is 164 Å². The average molecular weight is 401 g/mol. The van der Waals surface area contributed by atoms with Gasteiger partial charge in [-0.25, -0.2) is 0 Å². The van der Waals surface area contributed by atoms with Crippen LogP contribution in [0.5, 0.6) is 5.75 Å². The molecule has 8 heteroatoms. The van der Waals surface area contributed by atoms with Crippen LogP contribution >= 0.6 is 0 Å². The van der Waals surface area contributed by atoms with Crippen LogP contribution < -0.4 is 10.1 Å². The number of benzene rings is 1. The second kappa shape index (κ2) is 7.35. The fraction of sp³-hybridized carbons (Fsp3) is 0.286. The maximum absolute atomic E-state index is 12.8. The molecule has 1 aliphatic rings. The molecule has 5 nitrogen and oxygen atoms in total. The van der Waals surface area contributed by atoms with Gasteiger partial charge in [-0.15, -0.1) is 0 Å². The molecule has 0 saturated carbocycles. The van der Waals surface area contributed by atoms with Crippen molar-refractivity contribution in [2.75, 3.05) is 6.54 Å². The molecule has 29 heavy (non-hydrogen) atoms. The highest BCUT2D eigenvalue weighted by Crippen LogP contribution is 2.34. The van der Waals surface area contributed by atoms with E-state index in [0.29, 0.717) is 35.5 Å². The van der Waals surface area contributed by atoms with Crippen LogP contribution in [-0.2, 0) is 11.0 Å². The number of nitrogens with zero attached hydrogens (tertiary/aromatic N) is 2. The van der Waals surface area contributed by atoms with Crippen LogP contribution in [0.15, 0.2) is 48.8 Å². The number of amides is 1. The highest BCUT2D eigenvalue weighted by molar-refractivity contribution is 5.89. The lowest BCUT2D eigenvalue weighted by Gasteiger charge is -2.21. The van der Waals surface area contributed by atoms with E-state index in [1.165, 1.54) is 6.07 Å². The van der Waals surface area contributed by atoms with Crippen molar-refractivity contribution in [1.82, 2.24) is 15.3 Å². The number of nitrogens with one attached hydrogen (secondary N) is 1. The summed E-state index contributed by atoms with van der Waals surface area (Å²) in [7, 11) is 0. The van der Waals surface area contributed by atoms with E-state index in [1.807, 2.05) is 13.0 Å². The molecule has 0 radical (unpaired) electrons. The van der Waals surface area contributed by atoms with Crippen molar-refractivity contribution in [3.63, 3.8) is 0 Å². The number of fused-ring (bicyclic) bond motifs is 1. The first kappa shape index (κ1) is 19.2. The number of carbonyl (C=O) groups excluding carboxylic acids is 1. The van der Waals surface area contributed by atoms with Gasteiger partial charge >= 0.3 is 6.18 Å². The normalized spacial score (nSPS) is 17.9. The van der Waals surface area contributed by atoms with Crippen molar-refractivity contribution in [2.24, 2.45) is 5.92 Å². The molecule has 1 fully saturated rings. The number of ether oxygens (including phenoxy) is 1. The van der Waals surface area contributed by atoms with Gasteiger partial charge in [-0.3, -0.25) is 14.8 Å². The molecule has 2 atom stereocenters. The van der Waals surface area contributed by atoms with Crippen LogP contribution in [0.2, 0.25) is 0 Å². The van der Waals surface area contributed by atoms with Gasteiger partial charge in [-0.05, 0) is 43.3 Å². The van der Waals surface area contributed by atoms with Gasteiger partial charge in [0.2, 0.25) is 5.91 Å². The first-order valence-electron chi connectivity index (χ1n) is 9.17. The van der Waals surface area contributed by atoms with Crippen LogP contribution in [0.1, 0.15) is 18.9 Å².